The number of benzene rings is 1. The maximum absolute atomic E-state index is 12.3. The third-order valence-corrected chi connectivity index (χ3v) is 3.34. The van der Waals surface area contributed by atoms with Crippen molar-refractivity contribution >= 4 is 33.5 Å². The van der Waals surface area contributed by atoms with Crippen molar-refractivity contribution in [2.45, 2.75) is 28.6 Å². The van der Waals surface area contributed by atoms with Gasteiger partial charge in [0.2, 0.25) is 0 Å². The van der Waals surface area contributed by atoms with Gasteiger partial charge < -0.3 is 0 Å². The fraction of sp³-hybridized carbons (Fsp3) is 0.333. The lowest BCUT2D eigenvalue weighted by Crippen LogP contribution is -2.13. The molecule has 2 nitrogen and oxygen atoms in total. The average Bonchev–Trinajstić information content (AvgIpc) is 2.26. The van der Waals surface area contributed by atoms with Crippen LogP contribution >= 0.6 is 27.7 Å². The van der Waals surface area contributed by atoms with E-state index >= 15 is 0 Å². The van der Waals surface area contributed by atoms with Gasteiger partial charge in [0.15, 0.2) is 5.78 Å². The minimum atomic E-state index is -4.39. The lowest BCUT2D eigenvalue weighted by Gasteiger charge is -2.11. The summed E-state index contributed by atoms with van der Waals surface area (Å²) in [5.74, 6) is -0.256. The second-order valence-electron chi connectivity index (χ2n) is 3.68. The van der Waals surface area contributed by atoms with E-state index in [1.54, 1.807) is 6.92 Å². The second-order valence-corrected chi connectivity index (χ2v) is 6.19. The van der Waals surface area contributed by atoms with Crippen LogP contribution < -0.4 is 0 Å². The fourth-order valence-corrected chi connectivity index (χ4v) is 2.30. The standard InChI is InChI=1S/C12H9BrF3NOS/c1-7(13)11(18)10-3-2-9(19-12(14,15)16)6-8(10)4-5-17/h2-3,6-7H,4H2,1H3. The highest BCUT2D eigenvalue weighted by atomic mass is 79.9. The molecule has 1 aromatic carbocycles. The molecule has 19 heavy (non-hydrogen) atoms. The second kappa shape index (κ2) is 6.44. The molecule has 0 aliphatic rings. The van der Waals surface area contributed by atoms with Gasteiger partial charge in [0.25, 0.3) is 0 Å². The van der Waals surface area contributed by atoms with E-state index in [2.05, 4.69) is 15.9 Å². The van der Waals surface area contributed by atoms with Crippen LogP contribution in [0, 0.1) is 11.3 Å². The summed E-state index contributed by atoms with van der Waals surface area (Å²) in [5.41, 5.74) is -3.80. The molecule has 0 N–H and O–H groups in total. The third kappa shape index (κ3) is 4.88. The molecular formula is C12H9BrF3NOS. The summed E-state index contributed by atoms with van der Waals surface area (Å²) >= 11 is 2.85. The monoisotopic (exact) mass is 351 g/mol. The zero-order chi connectivity index (χ0) is 14.6. The van der Waals surface area contributed by atoms with Crippen molar-refractivity contribution in [2.75, 3.05) is 0 Å². The molecule has 0 amide bonds. The van der Waals surface area contributed by atoms with Gasteiger partial charge in [0.1, 0.15) is 0 Å². The predicted octanol–water partition coefficient (Wildman–Crippen LogP) is 4.33. The third-order valence-electron chi connectivity index (χ3n) is 2.21. The first-order valence-electron chi connectivity index (χ1n) is 5.18. The predicted molar refractivity (Wildman–Crippen MR) is 70.4 cm³/mol. The molecule has 102 valence electrons. The Morgan fingerprint density at radius 2 is 2.16 bits per heavy atom. The molecule has 0 aromatic heterocycles. The molecule has 1 unspecified atom stereocenters. The molecule has 0 saturated carbocycles. The van der Waals surface area contributed by atoms with Crippen LogP contribution in [0.3, 0.4) is 0 Å². The van der Waals surface area contributed by atoms with E-state index in [1.165, 1.54) is 18.2 Å². The van der Waals surface area contributed by atoms with E-state index in [1.807, 2.05) is 6.07 Å². The first-order chi connectivity index (χ1) is 8.74. The Kier molecular flexibility index (Phi) is 5.44. The molecule has 0 saturated heterocycles. The number of alkyl halides is 4. The van der Waals surface area contributed by atoms with Gasteiger partial charge in [-0.25, -0.2) is 0 Å². The van der Waals surface area contributed by atoms with Crippen LogP contribution in [0.1, 0.15) is 22.8 Å². The Balaban J connectivity index is 3.15. The maximum atomic E-state index is 12.3. The average molecular weight is 352 g/mol. The maximum Gasteiger partial charge on any atom is 0.446 e. The Hall–Kier alpha value is -1.00. The van der Waals surface area contributed by atoms with Gasteiger partial charge in [-0.3, -0.25) is 4.79 Å². The van der Waals surface area contributed by atoms with Gasteiger partial charge >= 0.3 is 5.51 Å². The number of thioether (sulfide) groups is 1. The SMILES string of the molecule is CC(Br)C(=O)c1ccc(SC(F)(F)F)cc1CC#N. The largest absolute Gasteiger partial charge is 0.446 e. The van der Waals surface area contributed by atoms with Crippen LogP contribution in [-0.2, 0) is 6.42 Å². The molecule has 0 fully saturated rings. The summed E-state index contributed by atoms with van der Waals surface area (Å²) in [6, 6.07) is 5.66. The lowest BCUT2D eigenvalue weighted by molar-refractivity contribution is -0.0328. The molecule has 7 heteroatoms. The van der Waals surface area contributed by atoms with Crippen molar-refractivity contribution in [3.05, 3.63) is 29.3 Å². The topological polar surface area (TPSA) is 40.9 Å². The zero-order valence-corrected chi connectivity index (χ0v) is 12.2. The highest BCUT2D eigenvalue weighted by Crippen LogP contribution is 2.37. The van der Waals surface area contributed by atoms with Crippen molar-refractivity contribution in [3.63, 3.8) is 0 Å². The minimum absolute atomic E-state index is 0.0310. The number of hydrogen-bond donors (Lipinski definition) is 0. The van der Waals surface area contributed by atoms with E-state index in [0.29, 0.717) is 5.56 Å². The van der Waals surface area contributed by atoms with Gasteiger partial charge in [0.05, 0.1) is 17.3 Å². The number of nitrogens with zero attached hydrogens (tertiary/aromatic N) is 1. The van der Waals surface area contributed by atoms with E-state index in [4.69, 9.17) is 5.26 Å². The number of halogens is 4. The normalized spacial score (nSPS) is 12.8. The van der Waals surface area contributed by atoms with Crippen LogP contribution in [0.25, 0.3) is 0 Å². The smallest absolute Gasteiger partial charge is 0.293 e. The number of hydrogen-bond acceptors (Lipinski definition) is 3. The molecule has 1 atom stereocenters. The molecule has 0 spiro atoms. The summed E-state index contributed by atoms with van der Waals surface area (Å²) in [7, 11) is 0. The van der Waals surface area contributed by atoms with E-state index < -0.39 is 10.3 Å². The Bertz CT molecular complexity index is 523. The summed E-state index contributed by atoms with van der Waals surface area (Å²) in [6.45, 7) is 1.62. The van der Waals surface area contributed by atoms with Crippen LogP contribution in [-0.4, -0.2) is 16.1 Å². The van der Waals surface area contributed by atoms with E-state index in [0.717, 1.165) is 0 Å². The molecule has 1 rings (SSSR count). The molecule has 0 heterocycles. The van der Waals surface area contributed by atoms with Crippen molar-refractivity contribution in [1.82, 2.24) is 0 Å². The molecular weight excluding hydrogens is 343 g/mol. The highest BCUT2D eigenvalue weighted by molar-refractivity contribution is 9.10. The number of ketones is 1. The van der Waals surface area contributed by atoms with Gasteiger partial charge in [-0.2, -0.15) is 18.4 Å². The Morgan fingerprint density at radius 1 is 1.53 bits per heavy atom. The van der Waals surface area contributed by atoms with E-state index in [9.17, 15) is 18.0 Å². The number of Topliss-reactive ketones (excluding diaryl/α,β-unsaturated/α-hetero) is 1. The van der Waals surface area contributed by atoms with Crippen LogP contribution in [0.4, 0.5) is 13.2 Å². The molecule has 0 bridgehead atoms. The van der Waals surface area contributed by atoms with Crippen molar-refractivity contribution in [3.8, 4) is 6.07 Å². The number of carbonyl (C=O) groups is 1. The van der Waals surface area contributed by atoms with Crippen LogP contribution in [0.2, 0.25) is 0 Å². The Morgan fingerprint density at radius 3 is 2.63 bits per heavy atom. The quantitative estimate of drug-likeness (QED) is 0.460. The molecule has 0 aliphatic carbocycles. The van der Waals surface area contributed by atoms with E-state index in [-0.39, 0.29) is 34.4 Å². The zero-order valence-electron chi connectivity index (χ0n) is 9.79. The minimum Gasteiger partial charge on any atom is -0.293 e. The highest BCUT2D eigenvalue weighted by Gasteiger charge is 2.29. The van der Waals surface area contributed by atoms with Crippen molar-refractivity contribution in [1.29, 1.82) is 5.26 Å². The van der Waals surface area contributed by atoms with Crippen molar-refractivity contribution in [2.24, 2.45) is 0 Å². The van der Waals surface area contributed by atoms with Gasteiger partial charge in [-0.05, 0) is 42.4 Å². The first-order valence-corrected chi connectivity index (χ1v) is 6.91. The summed E-state index contributed by atoms with van der Waals surface area (Å²) in [6.07, 6.45) is -0.104. The molecule has 0 aliphatic heterocycles. The van der Waals surface area contributed by atoms with Crippen molar-refractivity contribution < 1.29 is 18.0 Å². The summed E-state index contributed by atoms with van der Waals surface area (Å²) < 4.78 is 36.8. The number of rotatable bonds is 4. The molecule has 1 aromatic rings. The number of nitriles is 1. The van der Waals surface area contributed by atoms with Gasteiger partial charge in [-0.15, -0.1) is 0 Å². The van der Waals surface area contributed by atoms with Gasteiger partial charge in [0, 0.05) is 10.5 Å². The lowest BCUT2D eigenvalue weighted by atomic mass is 10.0. The summed E-state index contributed by atoms with van der Waals surface area (Å²) in [5, 5.41) is 8.69. The van der Waals surface area contributed by atoms with Crippen LogP contribution in [0.15, 0.2) is 23.1 Å². The molecule has 0 radical (unpaired) electrons. The fourth-order valence-electron chi connectivity index (χ4n) is 1.45. The summed E-state index contributed by atoms with van der Waals surface area (Å²) in [4.78, 5) is 11.4. The van der Waals surface area contributed by atoms with Gasteiger partial charge in [-0.1, -0.05) is 15.9 Å². The van der Waals surface area contributed by atoms with Crippen LogP contribution in [0.5, 0.6) is 0 Å². The number of carbonyl (C=O) groups excluding carboxylic acids is 1. The first kappa shape index (κ1) is 16.1. The Labute approximate surface area is 121 Å².